The fraction of sp³-hybridized carbons (Fsp3) is 0.708. The molecule has 2 saturated carbocycles. The molecule has 2 aliphatic carbocycles. The summed E-state index contributed by atoms with van der Waals surface area (Å²) < 4.78 is 0. The molecule has 2 aliphatic heterocycles. The summed E-state index contributed by atoms with van der Waals surface area (Å²) in [6.45, 7) is 6.29. The van der Waals surface area contributed by atoms with Crippen LogP contribution in [0.2, 0.25) is 0 Å². The molecule has 6 nitrogen and oxygen atoms in total. The monoisotopic (exact) mass is 439 g/mol. The van der Waals surface area contributed by atoms with Gasteiger partial charge >= 0.3 is 0 Å². The fourth-order valence-electron chi connectivity index (χ4n) is 5.84. The number of amides is 1. The van der Waals surface area contributed by atoms with Crippen molar-refractivity contribution in [2.75, 3.05) is 39.3 Å². The molecule has 0 bridgehead atoms. The summed E-state index contributed by atoms with van der Waals surface area (Å²) in [6, 6.07) is 0.794. The number of hydrogen-bond acceptors (Lipinski definition) is 6. The van der Waals surface area contributed by atoms with E-state index < -0.39 is 0 Å². The Hall–Kier alpha value is -1.57. The number of piperazine rings is 1. The van der Waals surface area contributed by atoms with E-state index in [2.05, 4.69) is 20.9 Å². The topological polar surface area (TPSA) is 52.6 Å². The third-order valence-corrected chi connectivity index (χ3v) is 9.16. The van der Waals surface area contributed by atoms with E-state index in [9.17, 15) is 4.79 Å². The van der Waals surface area contributed by atoms with Crippen molar-refractivity contribution in [3.05, 3.63) is 22.5 Å². The standard InChI is InChI=1S/C24H33N5OS/c30-22(29-12-10-28(11-13-29)18-6-3-7-18)16-27-9-8-19-20-14-25-23(17-4-1-2-5-17)26-24(20)31-21(19)15-27/h14,17-18H,1-13,15-16H2. The van der Waals surface area contributed by atoms with E-state index in [1.165, 1.54) is 60.8 Å². The largest absolute Gasteiger partial charge is 0.339 e. The number of thiophene rings is 1. The summed E-state index contributed by atoms with van der Waals surface area (Å²) in [4.78, 5) is 32.2. The van der Waals surface area contributed by atoms with Crippen LogP contribution in [0.3, 0.4) is 0 Å². The first kappa shape index (κ1) is 20.1. The van der Waals surface area contributed by atoms with Gasteiger partial charge < -0.3 is 4.90 Å². The van der Waals surface area contributed by atoms with Gasteiger partial charge in [0.1, 0.15) is 10.7 Å². The molecule has 6 rings (SSSR count). The molecular weight excluding hydrogens is 406 g/mol. The second-order valence-corrected chi connectivity index (χ2v) is 11.0. The van der Waals surface area contributed by atoms with Gasteiger partial charge in [-0.3, -0.25) is 14.6 Å². The van der Waals surface area contributed by atoms with Crippen LogP contribution in [-0.2, 0) is 17.8 Å². The van der Waals surface area contributed by atoms with Crippen molar-refractivity contribution in [3.63, 3.8) is 0 Å². The highest BCUT2D eigenvalue weighted by molar-refractivity contribution is 7.18. The summed E-state index contributed by atoms with van der Waals surface area (Å²) >= 11 is 1.83. The van der Waals surface area contributed by atoms with Gasteiger partial charge in [0.2, 0.25) is 5.91 Å². The number of aromatic nitrogens is 2. The molecule has 3 fully saturated rings. The van der Waals surface area contributed by atoms with Crippen molar-refractivity contribution in [2.24, 2.45) is 0 Å². The molecule has 1 amide bonds. The SMILES string of the molecule is O=C(CN1CCc2c(sc3nc(C4CCCC4)ncc23)C1)N1CCN(C2CCC2)CC1. The highest BCUT2D eigenvalue weighted by atomic mass is 32.1. The van der Waals surface area contributed by atoms with E-state index in [0.29, 0.717) is 18.4 Å². The fourth-order valence-corrected chi connectivity index (χ4v) is 7.08. The second kappa shape index (κ2) is 8.41. The molecule has 0 unspecified atom stereocenters. The Morgan fingerprint density at radius 1 is 1.03 bits per heavy atom. The highest BCUT2D eigenvalue weighted by Crippen LogP contribution is 2.37. The van der Waals surface area contributed by atoms with E-state index in [4.69, 9.17) is 9.97 Å². The molecular formula is C24H33N5OS. The van der Waals surface area contributed by atoms with E-state index in [0.717, 1.165) is 62.4 Å². The first-order valence-corrected chi connectivity index (χ1v) is 13.1. The molecule has 0 spiro atoms. The van der Waals surface area contributed by atoms with Crippen molar-refractivity contribution in [2.45, 2.75) is 69.9 Å². The van der Waals surface area contributed by atoms with Crippen LogP contribution in [0.5, 0.6) is 0 Å². The van der Waals surface area contributed by atoms with Crippen LogP contribution >= 0.6 is 11.3 Å². The van der Waals surface area contributed by atoms with E-state index in [1.54, 1.807) is 0 Å². The third kappa shape index (κ3) is 3.89. The highest BCUT2D eigenvalue weighted by Gasteiger charge is 2.31. The molecule has 31 heavy (non-hydrogen) atoms. The molecule has 0 aromatic carbocycles. The number of rotatable bonds is 4. The molecule has 2 aromatic heterocycles. The maximum absolute atomic E-state index is 12.9. The van der Waals surface area contributed by atoms with Gasteiger partial charge in [-0.25, -0.2) is 9.97 Å². The molecule has 2 aromatic rings. The van der Waals surface area contributed by atoms with Crippen molar-refractivity contribution < 1.29 is 4.79 Å². The number of carbonyl (C=O) groups excluding carboxylic acids is 1. The van der Waals surface area contributed by atoms with Crippen molar-refractivity contribution in [3.8, 4) is 0 Å². The smallest absolute Gasteiger partial charge is 0.236 e. The third-order valence-electron chi connectivity index (χ3n) is 8.04. The number of nitrogens with zero attached hydrogens (tertiary/aromatic N) is 5. The van der Waals surface area contributed by atoms with E-state index in [1.807, 2.05) is 11.3 Å². The van der Waals surface area contributed by atoms with Gasteiger partial charge in [-0.05, 0) is 37.7 Å². The maximum atomic E-state index is 12.9. The molecule has 166 valence electrons. The predicted molar refractivity (Wildman–Crippen MR) is 123 cm³/mol. The van der Waals surface area contributed by atoms with Gasteiger partial charge in [-0.1, -0.05) is 19.3 Å². The minimum absolute atomic E-state index is 0.307. The molecule has 4 heterocycles. The lowest BCUT2D eigenvalue weighted by molar-refractivity contribution is -0.135. The zero-order valence-electron chi connectivity index (χ0n) is 18.4. The van der Waals surface area contributed by atoms with Gasteiger partial charge in [0.25, 0.3) is 0 Å². The minimum Gasteiger partial charge on any atom is -0.339 e. The molecule has 4 aliphatic rings. The summed E-state index contributed by atoms with van der Waals surface area (Å²) in [5.74, 6) is 1.92. The van der Waals surface area contributed by atoms with Crippen LogP contribution in [0.1, 0.15) is 67.1 Å². The second-order valence-electron chi connectivity index (χ2n) is 9.89. The minimum atomic E-state index is 0.307. The summed E-state index contributed by atoms with van der Waals surface area (Å²) in [7, 11) is 0. The lowest BCUT2D eigenvalue weighted by atomic mass is 9.91. The van der Waals surface area contributed by atoms with Crippen molar-refractivity contribution >= 4 is 27.5 Å². The van der Waals surface area contributed by atoms with Gasteiger partial charge in [0.05, 0.1) is 6.54 Å². The van der Waals surface area contributed by atoms with Gasteiger partial charge in [-0.2, -0.15) is 0 Å². The molecule has 1 saturated heterocycles. The van der Waals surface area contributed by atoms with Gasteiger partial charge in [0.15, 0.2) is 0 Å². The van der Waals surface area contributed by atoms with Crippen LogP contribution in [0.25, 0.3) is 10.2 Å². The van der Waals surface area contributed by atoms with Gasteiger partial charge in [0, 0.05) is 67.7 Å². The molecule has 0 atom stereocenters. The zero-order chi connectivity index (χ0) is 20.8. The average molecular weight is 440 g/mol. The van der Waals surface area contributed by atoms with E-state index in [-0.39, 0.29) is 0 Å². The van der Waals surface area contributed by atoms with Crippen LogP contribution in [0.4, 0.5) is 0 Å². The predicted octanol–water partition coefficient (Wildman–Crippen LogP) is 3.40. The van der Waals surface area contributed by atoms with Crippen LogP contribution in [-0.4, -0.2) is 75.9 Å². The van der Waals surface area contributed by atoms with Crippen LogP contribution < -0.4 is 0 Å². The Labute approximate surface area is 188 Å². The molecule has 7 heteroatoms. The van der Waals surface area contributed by atoms with E-state index >= 15 is 0 Å². The first-order valence-electron chi connectivity index (χ1n) is 12.3. The number of fused-ring (bicyclic) bond motifs is 3. The maximum Gasteiger partial charge on any atom is 0.236 e. The van der Waals surface area contributed by atoms with Crippen LogP contribution in [0.15, 0.2) is 6.20 Å². The summed E-state index contributed by atoms with van der Waals surface area (Å²) in [6.07, 6.45) is 12.3. The van der Waals surface area contributed by atoms with Crippen LogP contribution in [0, 0.1) is 0 Å². The summed E-state index contributed by atoms with van der Waals surface area (Å²) in [5.41, 5.74) is 1.43. The average Bonchev–Trinajstić information content (AvgIpc) is 3.40. The number of carbonyl (C=O) groups is 1. The molecule has 0 radical (unpaired) electrons. The Kier molecular flexibility index (Phi) is 5.44. The lowest BCUT2D eigenvalue weighted by Gasteiger charge is -2.43. The first-order chi connectivity index (χ1) is 15.2. The van der Waals surface area contributed by atoms with Gasteiger partial charge in [-0.15, -0.1) is 11.3 Å². The Morgan fingerprint density at radius 2 is 1.84 bits per heavy atom. The lowest BCUT2D eigenvalue weighted by Crippen LogP contribution is -2.55. The summed E-state index contributed by atoms with van der Waals surface area (Å²) in [5, 5.41) is 1.25. The Balaban J connectivity index is 1.09. The quantitative estimate of drug-likeness (QED) is 0.731. The van der Waals surface area contributed by atoms with Crippen molar-refractivity contribution in [1.29, 1.82) is 0 Å². The number of hydrogen-bond donors (Lipinski definition) is 0. The molecule has 0 N–H and O–H groups in total. The normalized spacial score (nSPS) is 23.9. The Bertz CT molecular complexity index is 956. The zero-order valence-corrected chi connectivity index (χ0v) is 19.2. The van der Waals surface area contributed by atoms with Crippen molar-refractivity contribution in [1.82, 2.24) is 24.7 Å². The Morgan fingerprint density at radius 3 is 2.58 bits per heavy atom.